The Morgan fingerprint density at radius 1 is 1.50 bits per heavy atom. The third-order valence-corrected chi connectivity index (χ3v) is 3.34. The fourth-order valence-corrected chi connectivity index (χ4v) is 2.09. The minimum atomic E-state index is -0.383. The van der Waals surface area contributed by atoms with Gasteiger partial charge in [-0.2, -0.15) is 0 Å². The number of carbonyl (C=O) groups is 1. The number of benzene rings is 1. The molecule has 1 amide bonds. The van der Waals surface area contributed by atoms with Crippen LogP contribution in [0, 0.1) is 11.7 Å². The van der Waals surface area contributed by atoms with E-state index in [4.69, 9.17) is 0 Å². The summed E-state index contributed by atoms with van der Waals surface area (Å²) in [7, 11) is 1.63. The Morgan fingerprint density at radius 2 is 2.22 bits per heavy atom. The standard InChI is InChI=1S/C14H19FN2O/c1-3-17(9-10-7-8-10)14(18)11-5-4-6-12(15)13(11)16-2/h4-6,10,16H,3,7-9H2,1-2H3. The van der Waals surface area contributed by atoms with Gasteiger partial charge in [-0.15, -0.1) is 0 Å². The first-order chi connectivity index (χ1) is 8.67. The molecule has 1 saturated carbocycles. The van der Waals surface area contributed by atoms with E-state index in [2.05, 4.69) is 5.32 Å². The van der Waals surface area contributed by atoms with E-state index in [1.54, 1.807) is 24.1 Å². The molecule has 0 spiro atoms. The highest BCUT2D eigenvalue weighted by atomic mass is 19.1. The normalized spacial score (nSPS) is 14.4. The van der Waals surface area contributed by atoms with Crippen LogP contribution in [0.2, 0.25) is 0 Å². The summed E-state index contributed by atoms with van der Waals surface area (Å²) in [5, 5.41) is 2.77. The third kappa shape index (κ3) is 2.63. The summed E-state index contributed by atoms with van der Waals surface area (Å²) in [4.78, 5) is 14.2. The lowest BCUT2D eigenvalue weighted by atomic mass is 10.1. The molecule has 0 radical (unpaired) electrons. The summed E-state index contributed by atoms with van der Waals surface area (Å²) >= 11 is 0. The van der Waals surface area contributed by atoms with E-state index in [0.717, 1.165) is 6.54 Å². The molecule has 0 aliphatic heterocycles. The maximum Gasteiger partial charge on any atom is 0.256 e. The molecule has 18 heavy (non-hydrogen) atoms. The van der Waals surface area contributed by atoms with Crippen molar-refractivity contribution in [2.24, 2.45) is 5.92 Å². The average molecular weight is 250 g/mol. The first-order valence-corrected chi connectivity index (χ1v) is 6.43. The largest absolute Gasteiger partial charge is 0.385 e. The van der Waals surface area contributed by atoms with Crippen molar-refractivity contribution < 1.29 is 9.18 Å². The SMILES string of the molecule is CCN(CC1CC1)C(=O)c1cccc(F)c1NC. The van der Waals surface area contributed by atoms with Crippen LogP contribution in [0.4, 0.5) is 10.1 Å². The van der Waals surface area contributed by atoms with E-state index >= 15 is 0 Å². The van der Waals surface area contributed by atoms with Crippen molar-refractivity contribution in [1.82, 2.24) is 4.90 Å². The maximum absolute atomic E-state index is 13.6. The van der Waals surface area contributed by atoms with Crippen molar-refractivity contribution in [3.63, 3.8) is 0 Å². The molecule has 3 nitrogen and oxygen atoms in total. The Morgan fingerprint density at radius 3 is 2.78 bits per heavy atom. The van der Waals surface area contributed by atoms with Crippen LogP contribution in [0.5, 0.6) is 0 Å². The molecule has 0 unspecified atom stereocenters. The second kappa shape index (κ2) is 5.38. The zero-order valence-electron chi connectivity index (χ0n) is 10.9. The molecule has 1 aliphatic rings. The van der Waals surface area contributed by atoms with Gasteiger partial charge in [0.05, 0.1) is 11.3 Å². The van der Waals surface area contributed by atoms with Crippen LogP contribution in [-0.2, 0) is 0 Å². The Hall–Kier alpha value is -1.58. The van der Waals surface area contributed by atoms with Gasteiger partial charge in [0.25, 0.3) is 5.91 Å². The van der Waals surface area contributed by atoms with Crippen LogP contribution in [0.1, 0.15) is 30.1 Å². The molecule has 1 aliphatic carbocycles. The van der Waals surface area contributed by atoms with Gasteiger partial charge < -0.3 is 10.2 Å². The Kier molecular flexibility index (Phi) is 3.84. The summed E-state index contributed by atoms with van der Waals surface area (Å²) < 4.78 is 13.6. The summed E-state index contributed by atoms with van der Waals surface area (Å²) in [6.07, 6.45) is 2.40. The highest BCUT2D eigenvalue weighted by molar-refractivity contribution is 5.99. The predicted octanol–water partition coefficient (Wildman–Crippen LogP) is 2.74. The number of anilines is 1. The number of carbonyl (C=O) groups excluding carboxylic acids is 1. The van der Waals surface area contributed by atoms with Crippen LogP contribution in [0.15, 0.2) is 18.2 Å². The van der Waals surface area contributed by atoms with E-state index in [9.17, 15) is 9.18 Å². The van der Waals surface area contributed by atoms with E-state index < -0.39 is 0 Å². The van der Waals surface area contributed by atoms with Gasteiger partial charge in [-0.05, 0) is 37.8 Å². The van der Waals surface area contributed by atoms with Gasteiger partial charge in [0.15, 0.2) is 0 Å². The number of hydrogen-bond donors (Lipinski definition) is 1. The summed E-state index contributed by atoms with van der Waals surface area (Å²) in [6.45, 7) is 3.41. The quantitative estimate of drug-likeness (QED) is 0.871. The molecule has 1 N–H and O–H groups in total. The molecule has 0 bridgehead atoms. The topological polar surface area (TPSA) is 32.3 Å². The van der Waals surface area contributed by atoms with Crippen LogP contribution in [0.25, 0.3) is 0 Å². The number of halogens is 1. The Labute approximate surface area is 107 Å². The van der Waals surface area contributed by atoms with E-state index in [1.165, 1.54) is 18.9 Å². The monoisotopic (exact) mass is 250 g/mol. The zero-order chi connectivity index (χ0) is 13.1. The predicted molar refractivity (Wildman–Crippen MR) is 70.2 cm³/mol. The van der Waals surface area contributed by atoms with Gasteiger partial charge in [0.1, 0.15) is 5.82 Å². The van der Waals surface area contributed by atoms with Crippen molar-refractivity contribution in [3.8, 4) is 0 Å². The highest BCUT2D eigenvalue weighted by Gasteiger charge is 2.27. The molecule has 0 atom stereocenters. The van der Waals surface area contributed by atoms with Crippen molar-refractivity contribution in [1.29, 1.82) is 0 Å². The molecule has 1 fully saturated rings. The van der Waals surface area contributed by atoms with Crippen LogP contribution in [-0.4, -0.2) is 30.9 Å². The van der Waals surface area contributed by atoms with E-state index in [1.807, 2.05) is 6.92 Å². The second-order valence-electron chi connectivity index (χ2n) is 4.70. The molecule has 0 heterocycles. The molecule has 4 heteroatoms. The molecule has 1 aromatic rings. The molecule has 98 valence electrons. The minimum absolute atomic E-state index is 0.0896. The minimum Gasteiger partial charge on any atom is -0.385 e. The number of nitrogens with one attached hydrogen (secondary N) is 1. The van der Waals surface area contributed by atoms with Crippen LogP contribution in [0.3, 0.4) is 0 Å². The fraction of sp³-hybridized carbons (Fsp3) is 0.500. The van der Waals surface area contributed by atoms with Crippen molar-refractivity contribution in [2.45, 2.75) is 19.8 Å². The maximum atomic E-state index is 13.6. The molecule has 0 saturated heterocycles. The molecule has 1 aromatic carbocycles. The molecule has 2 rings (SSSR count). The van der Waals surface area contributed by atoms with Gasteiger partial charge in [0.2, 0.25) is 0 Å². The van der Waals surface area contributed by atoms with E-state index in [-0.39, 0.29) is 17.4 Å². The fourth-order valence-electron chi connectivity index (χ4n) is 2.09. The van der Waals surface area contributed by atoms with Crippen molar-refractivity contribution in [2.75, 3.05) is 25.5 Å². The van der Waals surface area contributed by atoms with Gasteiger partial charge in [-0.1, -0.05) is 6.07 Å². The third-order valence-electron chi connectivity index (χ3n) is 3.34. The lowest BCUT2D eigenvalue weighted by Crippen LogP contribution is -2.33. The van der Waals surface area contributed by atoms with Crippen LogP contribution >= 0.6 is 0 Å². The van der Waals surface area contributed by atoms with Crippen LogP contribution < -0.4 is 5.32 Å². The first kappa shape index (κ1) is 12.9. The number of hydrogen-bond acceptors (Lipinski definition) is 2. The molecular weight excluding hydrogens is 231 g/mol. The summed E-state index contributed by atoms with van der Waals surface area (Å²) in [5.74, 6) is 0.166. The highest BCUT2D eigenvalue weighted by Crippen LogP contribution is 2.30. The lowest BCUT2D eigenvalue weighted by Gasteiger charge is -2.22. The van der Waals surface area contributed by atoms with Gasteiger partial charge in [0, 0.05) is 20.1 Å². The summed E-state index contributed by atoms with van der Waals surface area (Å²) in [5.41, 5.74) is 0.705. The van der Waals surface area contributed by atoms with E-state index in [0.29, 0.717) is 18.0 Å². The number of nitrogens with zero attached hydrogens (tertiary/aromatic N) is 1. The van der Waals surface area contributed by atoms with Crippen molar-refractivity contribution in [3.05, 3.63) is 29.6 Å². The van der Waals surface area contributed by atoms with Gasteiger partial charge in [-0.3, -0.25) is 4.79 Å². The Balaban J connectivity index is 2.22. The second-order valence-corrected chi connectivity index (χ2v) is 4.70. The van der Waals surface area contributed by atoms with Gasteiger partial charge >= 0.3 is 0 Å². The summed E-state index contributed by atoms with van der Waals surface area (Å²) in [6, 6.07) is 4.61. The van der Waals surface area contributed by atoms with Gasteiger partial charge in [-0.25, -0.2) is 4.39 Å². The number of rotatable bonds is 5. The molecule has 0 aromatic heterocycles. The zero-order valence-corrected chi connectivity index (χ0v) is 10.9. The number of para-hydroxylation sites is 1. The Bertz CT molecular complexity index is 443. The average Bonchev–Trinajstić information content (AvgIpc) is 3.18. The molecular formula is C14H19FN2O. The van der Waals surface area contributed by atoms with Crippen molar-refractivity contribution >= 4 is 11.6 Å². The lowest BCUT2D eigenvalue weighted by molar-refractivity contribution is 0.0757. The number of amides is 1. The smallest absolute Gasteiger partial charge is 0.256 e. The first-order valence-electron chi connectivity index (χ1n) is 6.43.